The van der Waals surface area contributed by atoms with Crippen LogP contribution in [0.1, 0.15) is 25.3 Å². The molecule has 1 rings (SSSR count). The maximum atomic E-state index is 11.2. The minimum absolute atomic E-state index is 0.0238. The number of anilines is 1. The molecule has 0 spiro atoms. The standard InChI is InChI=1S/C14H19N3O2S/c1-3-12(18)17-14(20)16-11-7-4-10(5-8-11)6-9-13(19)15-2/h4-5,7-8H,3,6,9H2,1-2H3,(H,15,19)(H2,16,17,18,20). The Morgan fingerprint density at radius 2 is 1.80 bits per heavy atom. The van der Waals surface area contributed by atoms with Gasteiger partial charge in [-0.15, -0.1) is 0 Å². The second kappa shape index (κ2) is 8.27. The average molecular weight is 293 g/mol. The summed E-state index contributed by atoms with van der Waals surface area (Å²) in [6.07, 6.45) is 1.55. The van der Waals surface area contributed by atoms with E-state index in [4.69, 9.17) is 12.2 Å². The van der Waals surface area contributed by atoms with Crippen LogP contribution in [0.4, 0.5) is 5.69 Å². The molecule has 0 radical (unpaired) electrons. The van der Waals surface area contributed by atoms with Gasteiger partial charge >= 0.3 is 0 Å². The first kappa shape index (κ1) is 16.1. The molecule has 2 amide bonds. The first-order valence-corrected chi connectivity index (χ1v) is 6.86. The van der Waals surface area contributed by atoms with Crippen molar-refractivity contribution in [2.75, 3.05) is 12.4 Å². The molecule has 0 aliphatic carbocycles. The number of hydrogen-bond acceptors (Lipinski definition) is 3. The Balaban J connectivity index is 2.48. The van der Waals surface area contributed by atoms with E-state index in [1.54, 1.807) is 14.0 Å². The van der Waals surface area contributed by atoms with E-state index in [0.29, 0.717) is 19.3 Å². The fourth-order valence-corrected chi connectivity index (χ4v) is 1.75. The molecule has 0 bridgehead atoms. The largest absolute Gasteiger partial charge is 0.359 e. The van der Waals surface area contributed by atoms with Crippen LogP contribution in [0.2, 0.25) is 0 Å². The highest BCUT2D eigenvalue weighted by Gasteiger charge is 2.03. The van der Waals surface area contributed by atoms with Crippen molar-refractivity contribution in [3.05, 3.63) is 29.8 Å². The minimum atomic E-state index is -0.121. The minimum Gasteiger partial charge on any atom is -0.359 e. The number of carbonyl (C=O) groups excluding carboxylic acids is 2. The number of hydrogen-bond donors (Lipinski definition) is 3. The van der Waals surface area contributed by atoms with Crippen molar-refractivity contribution in [3.8, 4) is 0 Å². The van der Waals surface area contributed by atoms with Crippen molar-refractivity contribution in [1.82, 2.24) is 10.6 Å². The van der Waals surface area contributed by atoms with Gasteiger partial charge in [0.2, 0.25) is 11.8 Å². The molecule has 0 aliphatic rings. The van der Waals surface area contributed by atoms with Gasteiger partial charge < -0.3 is 16.0 Å². The Morgan fingerprint density at radius 3 is 2.35 bits per heavy atom. The molecule has 0 saturated heterocycles. The molecule has 0 fully saturated rings. The number of amides is 2. The molecule has 20 heavy (non-hydrogen) atoms. The first-order chi connectivity index (χ1) is 9.55. The van der Waals surface area contributed by atoms with Crippen LogP contribution in [0.3, 0.4) is 0 Å². The third kappa shape index (κ3) is 5.79. The van der Waals surface area contributed by atoms with Gasteiger partial charge in [0, 0.05) is 25.6 Å². The Hall–Kier alpha value is -1.95. The van der Waals surface area contributed by atoms with E-state index in [2.05, 4.69) is 16.0 Å². The molecule has 108 valence electrons. The summed E-state index contributed by atoms with van der Waals surface area (Å²) in [6.45, 7) is 1.76. The highest BCUT2D eigenvalue weighted by molar-refractivity contribution is 7.80. The van der Waals surface area contributed by atoms with E-state index in [0.717, 1.165) is 11.3 Å². The van der Waals surface area contributed by atoms with Gasteiger partial charge in [-0.05, 0) is 36.3 Å². The molecule has 0 saturated carbocycles. The van der Waals surface area contributed by atoms with Gasteiger partial charge in [-0.3, -0.25) is 9.59 Å². The molecule has 0 atom stereocenters. The van der Waals surface area contributed by atoms with Crippen molar-refractivity contribution in [3.63, 3.8) is 0 Å². The van der Waals surface area contributed by atoms with Gasteiger partial charge in [0.15, 0.2) is 5.11 Å². The molecule has 0 unspecified atom stereocenters. The van der Waals surface area contributed by atoms with Crippen LogP contribution in [-0.2, 0) is 16.0 Å². The monoisotopic (exact) mass is 293 g/mol. The van der Waals surface area contributed by atoms with Gasteiger partial charge in [-0.25, -0.2) is 0 Å². The zero-order valence-corrected chi connectivity index (χ0v) is 12.5. The topological polar surface area (TPSA) is 70.2 Å². The Kier molecular flexibility index (Phi) is 6.66. The van der Waals surface area contributed by atoms with Gasteiger partial charge in [0.25, 0.3) is 0 Å². The molecule has 3 N–H and O–H groups in total. The summed E-state index contributed by atoms with van der Waals surface area (Å²) < 4.78 is 0. The molecule has 1 aromatic carbocycles. The van der Waals surface area contributed by atoms with Gasteiger partial charge in [-0.2, -0.15) is 0 Å². The van der Waals surface area contributed by atoms with E-state index >= 15 is 0 Å². The normalized spacial score (nSPS) is 9.70. The lowest BCUT2D eigenvalue weighted by atomic mass is 10.1. The van der Waals surface area contributed by atoms with Crippen LogP contribution >= 0.6 is 12.2 Å². The predicted molar refractivity (Wildman–Crippen MR) is 83.5 cm³/mol. The summed E-state index contributed by atoms with van der Waals surface area (Å²) in [5.74, 6) is -0.0969. The molecular weight excluding hydrogens is 274 g/mol. The number of benzene rings is 1. The van der Waals surface area contributed by atoms with Crippen molar-refractivity contribution in [2.45, 2.75) is 26.2 Å². The molecule has 0 aromatic heterocycles. The predicted octanol–water partition coefficient (Wildman–Crippen LogP) is 1.59. The number of rotatable bonds is 5. The summed E-state index contributed by atoms with van der Waals surface area (Å²) in [6, 6.07) is 7.58. The number of nitrogens with one attached hydrogen (secondary N) is 3. The van der Waals surface area contributed by atoms with Crippen LogP contribution in [0.15, 0.2) is 24.3 Å². The molecule has 1 aromatic rings. The summed E-state index contributed by atoms with van der Waals surface area (Å²) in [5, 5.41) is 8.37. The van der Waals surface area contributed by atoms with Gasteiger partial charge in [-0.1, -0.05) is 19.1 Å². The fraction of sp³-hybridized carbons (Fsp3) is 0.357. The van der Waals surface area contributed by atoms with Crippen molar-refractivity contribution < 1.29 is 9.59 Å². The van der Waals surface area contributed by atoms with Crippen molar-refractivity contribution >= 4 is 34.8 Å². The van der Waals surface area contributed by atoms with Crippen LogP contribution in [-0.4, -0.2) is 24.0 Å². The molecular formula is C14H19N3O2S. The summed E-state index contributed by atoms with van der Waals surface area (Å²) in [5.41, 5.74) is 1.87. The summed E-state index contributed by atoms with van der Waals surface area (Å²) in [4.78, 5) is 22.3. The maximum absolute atomic E-state index is 11.2. The first-order valence-electron chi connectivity index (χ1n) is 6.45. The second-order valence-electron chi connectivity index (χ2n) is 4.23. The van der Waals surface area contributed by atoms with E-state index in [9.17, 15) is 9.59 Å². The molecule has 5 nitrogen and oxygen atoms in total. The van der Waals surface area contributed by atoms with E-state index in [1.165, 1.54) is 0 Å². The Bertz CT molecular complexity index is 486. The summed E-state index contributed by atoms with van der Waals surface area (Å²) in [7, 11) is 1.63. The van der Waals surface area contributed by atoms with E-state index in [-0.39, 0.29) is 16.9 Å². The third-order valence-corrected chi connectivity index (χ3v) is 2.91. The lowest BCUT2D eigenvalue weighted by molar-refractivity contribution is -0.121. The SMILES string of the molecule is CCC(=O)NC(=S)Nc1ccc(CCC(=O)NC)cc1. The Labute approximate surface area is 124 Å². The van der Waals surface area contributed by atoms with Crippen LogP contribution in [0.5, 0.6) is 0 Å². The van der Waals surface area contributed by atoms with Crippen LogP contribution in [0.25, 0.3) is 0 Å². The fourth-order valence-electron chi connectivity index (χ4n) is 1.51. The van der Waals surface area contributed by atoms with Crippen LogP contribution in [0, 0.1) is 0 Å². The highest BCUT2D eigenvalue weighted by Crippen LogP contribution is 2.11. The quantitative estimate of drug-likeness (QED) is 0.721. The summed E-state index contributed by atoms with van der Waals surface area (Å²) >= 11 is 5.02. The van der Waals surface area contributed by atoms with Crippen LogP contribution < -0.4 is 16.0 Å². The maximum Gasteiger partial charge on any atom is 0.225 e. The smallest absolute Gasteiger partial charge is 0.225 e. The van der Waals surface area contributed by atoms with Crippen molar-refractivity contribution in [2.24, 2.45) is 0 Å². The Morgan fingerprint density at radius 1 is 1.15 bits per heavy atom. The number of carbonyl (C=O) groups is 2. The lowest BCUT2D eigenvalue weighted by Crippen LogP contribution is -2.33. The molecule has 0 heterocycles. The van der Waals surface area contributed by atoms with Gasteiger partial charge in [0.1, 0.15) is 0 Å². The number of thiocarbonyl (C=S) groups is 1. The van der Waals surface area contributed by atoms with E-state index in [1.807, 2.05) is 24.3 Å². The van der Waals surface area contributed by atoms with Crippen molar-refractivity contribution in [1.29, 1.82) is 0 Å². The second-order valence-corrected chi connectivity index (χ2v) is 4.63. The average Bonchev–Trinajstić information content (AvgIpc) is 2.45. The third-order valence-electron chi connectivity index (χ3n) is 2.71. The highest BCUT2D eigenvalue weighted by atomic mass is 32.1. The lowest BCUT2D eigenvalue weighted by Gasteiger charge is -2.09. The van der Waals surface area contributed by atoms with Gasteiger partial charge in [0.05, 0.1) is 0 Å². The molecule has 0 aliphatic heterocycles. The zero-order chi connectivity index (χ0) is 15.0. The van der Waals surface area contributed by atoms with E-state index < -0.39 is 0 Å². The molecule has 6 heteroatoms. The zero-order valence-electron chi connectivity index (χ0n) is 11.7. The number of aryl methyl sites for hydroxylation is 1.